The Morgan fingerprint density at radius 2 is 1.80 bits per heavy atom. The first-order valence-corrected chi connectivity index (χ1v) is 9.80. The number of carbonyl (C=O) groups excluding carboxylic acids is 3. The molecule has 0 spiro atoms. The molecule has 0 atom stereocenters. The molecule has 9 nitrogen and oxygen atoms in total. The Bertz CT molecular complexity index is 882. The van der Waals surface area contributed by atoms with E-state index in [1.165, 1.54) is 25.8 Å². The molecule has 2 aromatic rings. The van der Waals surface area contributed by atoms with E-state index in [0.717, 1.165) is 31.6 Å². The number of piperidine rings is 1. The summed E-state index contributed by atoms with van der Waals surface area (Å²) in [4.78, 5) is 45.7. The molecule has 1 aliphatic rings. The summed E-state index contributed by atoms with van der Waals surface area (Å²) in [6, 6.07) is 7.42. The van der Waals surface area contributed by atoms with Crippen molar-refractivity contribution in [3.05, 3.63) is 54.1 Å². The number of hydrogen-bond donors (Lipinski definition) is 2. The van der Waals surface area contributed by atoms with Crippen LogP contribution in [-0.2, 0) is 9.53 Å². The van der Waals surface area contributed by atoms with Crippen LogP contribution in [-0.4, -0.2) is 61.0 Å². The Hall–Kier alpha value is -3.49. The van der Waals surface area contributed by atoms with E-state index in [1.807, 2.05) is 18.2 Å². The number of amides is 2. The van der Waals surface area contributed by atoms with Gasteiger partial charge in [-0.15, -0.1) is 0 Å². The third-order valence-electron chi connectivity index (χ3n) is 5.08. The predicted octanol–water partition coefficient (Wildman–Crippen LogP) is 1.03. The minimum atomic E-state index is -0.386. The summed E-state index contributed by atoms with van der Waals surface area (Å²) in [5.41, 5.74) is 1.75. The van der Waals surface area contributed by atoms with Gasteiger partial charge in [0.15, 0.2) is 0 Å². The lowest BCUT2D eigenvalue weighted by Gasteiger charge is -2.34. The summed E-state index contributed by atoms with van der Waals surface area (Å²) in [6.07, 6.45) is 5.91. The highest BCUT2D eigenvalue weighted by Crippen LogP contribution is 2.26. The average molecular weight is 411 g/mol. The summed E-state index contributed by atoms with van der Waals surface area (Å²) in [5.74, 6) is -0.625. The number of benzene rings is 1. The van der Waals surface area contributed by atoms with Gasteiger partial charge in [-0.2, -0.15) is 0 Å². The molecule has 1 saturated heterocycles. The number of rotatable bonds is 7. The van der Waals surface area contributed by atoms with Crippen LogP contribution >= 0.6 is 0 Å². The number of methoxy groups -OCH3 is 1. The average Bonchev–Trinajstić information content (AvgIpc) is 2.81. The first-order chi connectivity index (χ1) is 14.6. The quantitative estimate of drug-likeness (QED) is 0.654. The van der Waals surface area contributed by atoms with E-state index >= 15 is 0 Å². The van der Waals surface area contributed by atoms with Crippen LogP contribution in [0.1, 0.15) is 33.6 Å². The Balaban J connectivity index is 1.42. The minimum Gasteiger partial charge on any atom is -0.465 e. The Kier molecular flexibility index (Phi) is 7.31. The zero-order valence-electron chi connectivity index (χ0n) is 16.8. The standard InChI is InChI=1S/C21H25N5O4/c1-30-21(29)17-4-2-3-5-18(17)26-8-6-15(7-9-26)10-24-19(27)13-25-20(28)16-11-22-14-23-12-16/h2-5,11-12,14-15H,6-10,13H2,1H3,(H,24,27)(H,25,28). The molecule has 2 N–H and O–H groups in total. The lowest BCUT2D eigenvalue weighted by atomic mass is 9.95. The van der Waals surface area contributed by atoms with Crippen molar-refractivity contribution in [3.8, 4) is 0 Å². The van der Waals surface area contributed by atoms with Crippen molar-refractivity contribution in [1.29, 1.82) is 0 Å². The van der Waals surface area contributed by atoms with Crippen molar-refractivity contribution in [2.24, 2.45) is 5.92 Å². The molecule has 2 amide bonds. The van der Waals surface area contributed by atoms with Gasteiger partial charge in [-0.25, -0.2) is 14.8 Å². The Morgan fingerprint density at radius 3 is 2.50 bits per heavy atom. The topological polar surface area (TPSA) is 114 Å². The first-order valence-electron chi connectivity index (χ1n) is 9.80. The lowest BCUT2D eigenvalue weighted by Crippen LogP contribution is -2.42. The SMILES string of the molecule is COC(=O)c1ccccc1N1CCC(CNC(=O)CNC(=O)c2cncnc2)CC1. The summed E-state index contributed by atoms with van der Waals surface area (Å²) >= 11 is 0. The van der Waals surface area contributed by atoms with Crippen molar-refractivity contribution in [1.82, 2.24) is 20.6 Å². The van der Waals surface area contributed by atoms with E-state index in [0.29, 0.717) is 23.6 Å². The summed E-state index contributed by atoms with van der Waals surface area (Å²) in [6.45, 7) is 2.04. The highest BCUT2D eigenvalue weighted by atomic mass is 16.5. The summed E-state index contributed by atoms with van der Waals surface area (Å²) in [7, 11) is 1.38. The van der Waals surface area contributed by atoms with Crippen LogP contribution in [0.15, 0.2) is 43.0 Å². The smallest absolute Gasteiger partial charge is 0.339 e. The molecule has 0 aliphatic carbocycles. The summed E-state index contributed by atoms with van der Waals surface area (Å²) in [5, 5.41) is 5.43. The molecule has 1 aromatic heterocycles. The van der Waals surface area contributed by atoms with Gasteiger partial charge in [-0.3, -0.25) is 9.59 Å². The van der Waals surface area contributed by atoms with Crippen LogP contribution in [0.25, 0.3) is 0 Å². The molecule has 9 heteroatoms. The van der Waals surface area contributed by atoms with Gasteiger partial charge < -0.3 is 20.3 Å². The van der Waals surface area contributed by atoms with Crippen molar-refractivity contribution in [2.45, 2.75) is 12.8 Å². The minimum absolute atomic E-state index is 0.0981. The molecular weight excluding hydrogens is 386 g/mol. The normalized spacial score (nSPS) is 14.1. The fraction of sp³-hybridized carbons (Fsp3) is 0.381. The number of aromatic nitrogens is 2. The van der Waals surface area contributed by atoms with Crippen LogP contribution in [0.2, 0.25) is 0 Å². The van der Waals surface area contributed by atoms with Gasteiger partial charge in [0.05, 0.1) is 30.5 Å². The molecule has 0 unspecified atom stereocenters. The second-order valence-corrected chi connectivity index (χ2v) is 7.05. The predicted molar refractivity (Wildman–Crippen MR) is 110 cm³/mol. The third kappa shape index (κ3) is 5.53. The maximum absolute atomic E-state index is 12.0. The first kappa shape index (κ1) is 21.2. The van der Waals surface area contributed by atoms with Crippen molar-refractivity contribution < 1.29 is 19.1 Å². The molecule has 0 saturated carbocycles. The molecule has 1 aromatic carbocycles. The molecule has 3 rings (SSSR count). The largest absolute Gasteiger partial charge is 0.465 e. The van der Waals surface area contributed by atoms with Gasteiger partial charge >= 0.3 is 5.97 Å². The second-order valence-electron chi connectivity index (χ2n) is 7.05. The maximum atomic E-state index is 12.0. The number of anilines is 1. The Morgan fingerprint density at radius 1 is 1.10 bits per heavy atom. The van der Waals surface area contributed by atoms with E-state index in [9.17, 15) is 14.4 Å². The van der Waals surface area contributed by atoms with Crippen molar-refractivity contribution >= 4 is 23.5 Å². The zero-order chi connectivity index (χ0) is 21.3. The molecule has 2 heterocycles. The zero-order valence-corrected chi connectivity index (χ0v) is 16.8. The highest BCUT2D eigenvalue weighted by molar-refractivity contribution is 5.96. The Labute approximate surface area is 174 Å². The van der Waals surface area contributed by atoms with Crippen LogP contribution < -0.4 is 15.5 Å². The van der Waals surface area contributed by atoms with E-state index in [1.54, 1.807) is 6.07 Å². The number of nitrogens with zero attached hydrogens (tertiary/aromatic N) is 3. The van der Waals surface area contributed by atoms with Gasteiger partial charge in [0.2, 0.25) is 5.91 Å². The molecule has 1 fully saturated rings. The molecule has 158 valence electrons. The number of nitrogens with one attached hydrogen (secondary N) is 2. The van der Waals surface area contributed by atoms with Crippen molar-refractivity contribution in [2.75, 3.05) is 38.2 Å². The van der Waals surface area contributed by atoms with Crippen LogP contribution in [0.4, 0.5) is 5.69 Å². The van der Waals surface area contributed by atoms with Gasteiger partial charge in [0.25, 0.3) is 5.91 Å². The fourth-order valence-electron chi connectivity index (χ4n) is 3.41. The number of hydrogen-bond acceptors (Lipinski definition) is 7. The van der Waals surface area contributed by atoms with Gasteiger partial charge in [-0.05, 0) is 30.9 Å². The van der Waals surface area contributed by atoms with E-state index in [4.69, 9.17) is 4.74 Å². The van der Waals surface area contributed by atoms with E-state index in [2.05, 4.69) is 25.5 Å². The number of ether oxygens (including phenoxy) is 1. The van der Waals surface area contributed by atoms with Crippen LogP contribution in [0.5, 0.6) is 0 Å². The highest BCUT2D eigenvalue weighted by Gasteiger charge is 2.23. The number of esters is 1. The molecular formula is C21H25N5O4. The molecule has 30 heavy (non-hydrogen) atoms. The third-order valence-corrected chi connectivity index (χ3v) is 5.08. The van der Waals surface area contributed by atoms with Gasteiger partial charge in [0.1, 0.15) is 6.33 Å². The summed E-state index contributed by atoms with van der Waals surface area (Å²) < 4.78 is 4.87. The number of para-hydroxylation sites is 1. The lowest BCUT2D eigenvalue weighted by molar-refractivity contribution is -0.120. The maximum Gasteiger partial charge on any atom is 0.339 e. The fourth-order valence-corrected chi connectivity index (χ4v) is 3.41. The van der Waals surface area contributed by atoms with Crippen LogP contribution in [0, 0.1) is 5.92 Å². The van der Waals surface area contributed by atoms with E-state index in [-0.39, 0.29) is 24.3 Å². The van der Waals surface area contributed by atoms with Gasteiger partial charge in [-0.1, -0.05) is 12.1 Å². The van der Waals surface area contributed by atoms with Crippen molar-refractivity contribution in [3.63, 3.8) is 0 Å². The molecule has 0 radical (unpaired) electrons. The molecule has 1 aliphatic heterocycles. The van der Waals surface area contributed by atoms with Crippen LogP contribution in [0.3, 0.4) is 0 Å². The van der Waals surface area contributed by atoms with E-state index < -0.39 is 0 Å². The number of carbonyl (C=O) groups is 3. The second kappa shape index (κ2) is 10.3. The monoisotopic (exact) mass is 411 g/mol. The molecule has 0 bridgehead atoms. The van der Waals surface area contributed by atoms with Gasteiger partial charge in [0, 0.05) is 32.0 Å².